The second-order valence-electron chi connectivity index (χ2n) is 5.50. The zero-order valence-corrected chi connectivity index (χ0v) is 14.3. The highest BCUT2D eigenvalue weighted by molar-refractivity contribution is 7.10. The predicted octanol–water partition coefficient (Wildman–Crippen LogP) is 5.35. The Morgan fingerprint density at radius 2 is 1.81 bits per heavy atom. The molecule has 1 heterocycles. The van der Waals surface area contributed by atoms with Crippen LogP contribution in [0.15, 0.2) is 35.7 Å². The first-order chi connectivity index (χ1) is 10.3. The van der Waals surface area contributed by atoms with Gasteiger partial charge in [0.15, 0.2) is 0 Å². The van der Waals surface area contributed by atoms with E-state index in [9.17, 15) is 0 Å². The molecule has 0 aliphatic rings. The summed E-state index contributed by atoms with van der Waals surface area (Å²) < 4.78 is 0. The Labute approximate surface area is 133 Å². The fourth-order valence-corrected chi connectivity index (χ4v) is 3.81. The minimum Gasteiger partial charge on any atom is -0.306 e. The minimum absolute atomic E-state index is 0.338. The van der Waals surface area contributed by atoms with Gasteiger partial charge in [0, 0.05) is 4.88 Å². The Bertz CT molecular complexity index is 527. The van der Waals surface area contributed by atoms with Crippen LogP contribution in [0.2, 0.25) is 0 Å². The first-order valence-electron chi connectivity index (χ1n) is 8.18. The molecule has 2 rings (SSSR count). The maximum Gasteiger partial charge on any atom is 0.0673 e. The van der Waals surface area contributed by atoms with E-state index in [4.69, 9.17) is 0 Å². The third kappa shape index (κ3) is 4.18. The molecule has 0 bridgehead atoms. The lowest BCUT2D eigenvalue weighted by atomic mass is 9.99. The van der Waals surface area contributed by atoms with Crippen LogP contribution in [-0.2, 0) is 12.8 Å². The molecule has 1 nitrogen and oxygen atoms in total. The van der Waals surface area contributed by atoms with E-state index in [2.05, 4.69) is 61.8 Å². The average molecular weight is 301 g/mol. The highest BCUT2D eigenvalue weighted by atomic mass is 32.1. The third-order valence-electron chi connectivity index (χ3n) is 3.96. The smallest absolute Gasteiger partial charge is 0.0673 e. The van der Waals surface area contributed by atoms with Crippen LogP contribution < -0.4 is 5.32 Å². The monoisotopic (exact) mass is 301 g/mol. The Balaban J connectivity index is 2.22. The zero-order chi connectivity index (χ0) is 15.1. The van der Waals surface area contributed by atoms with Gasteiger partial charge in [-0.05, 0) is 53.9 Å². The molecule has 1 aromatic carbocycles. The molecule has 0 spiro atoms. The second-order valence-corrected chi connectivity index (χ2v) is 6.45. The SMILES string of the molecule is CCCCc1ccc(C(NCC)c2sccc2CC)cc1. The van der Waals surface area contributed by atoms with Crippen molar-refractivity contribution < 1.29 is 0 Å². The van der Waals surface area contributed by atoms with Gasteiger partial charge < -0.3 is 5.32 Å². The summed E-state index contributed by atoms with van der Waals surface area (Å²) in [6, 6.07) is 11.8. The topological polar surface area (TPSA) is 12.0 Å². The van der Waals surface area contributed by atoms with Crippen LogP contribution in [0.25, 0.3) is 0 Å². The van der Waals surface area contributed by atoms with Gasteiger partial charge in [-0.25, -0.2) is 0 Å². The van der Waals surface area contributed by atoms with E-state index in [0.29, 0.717) is 6.04 Å². The molecule has 0 aliphatic carbocycles. The normalized spacial score (nSPS) is 12.5. The molecule has 1 atom stereocenters. The lowest BCUT2D eigenvalue weighted by Crippen LogP contribution is -2.22. The maximum atomic E-state index is 3.65. The number of hydrogen-bond acceptors (Lipinski definition) is 2. The van der Waals surface area contributed by atoms with Crippen molar-refractivity contribution in [3.05, 3.63) is 57.3 Å². The summed E-state index contributed by atoms with van der Waals surface area (Å²) in [5.41, 5.74) is 4.31. The number of unbranched alkanes of at least 4 members (excludes halogenated alkanes) is 1. The van der Waals surface area contributed by atoms with Crippen LogP contribution in [-0.4, -0.2) is 6.54 Å². The summed E-state index contributed by atoms with van der Waals surface area (Å²) in [6.07, 6.45) is 4.84. The lowest BCUT2D eigenvalue weighted by Gasteiger charge is -2.19. The molecule has 0 amide bonds. The summed E-state index contributed by atoms with van der Waals surface area (Å²) >= 11 is 1.87. The molecule has 0 saturated carbocycles. The molecule has 114 valence electrons. The summed E-state index contributed by atoms with van der Waals surface area (Å²) in [7, 11) is 0. The first kappa shape index (κ1) is 16.3. The fraction of sp³-hybridized carbons (Fsp3) is 0.474. The van der Waals surface area contributed by atoms with Crippen molar-refractivity contribution in [1.29, 1.82) is 0 Å². The van der Waals surface area contributed by atoms with Gasteiger partial charge in [-0.2, -0.15) is 0 Å². The maximum absolute atomic E-state index is 3.65. The van der Waals surface area contributed by atoms with E-state index in [1.165, 1.54) is 40.8 Å². The minimum atomic E-state index is 0.338. The number of benzene rings is 1. The molecule has 1 N–H and O–H groups in total. The number of rotatable bonds is 8. The molecule has 2 aromatic rings. The van der Waals surface area contributed by atoms with Crippen molar-refractivity contribution in [3.8, 4) is 0 Å². The molecular weight excluding hydrogens is 274 g/mol. The number of hydrogen-bond donors (Lipinski definition) is 1. The van der Waals surface area contributed by atoms with E-state index >= 15 is 0 Å². The number of aryl methyl sites for hydroxylation is 2. The average Bonchev–Trinajstić information content (AvgIpc) is 2.99. The van der Waals surface area contributed by atoms with Crippen LogP contribution in [0.1, 0.15) is 61.2 Å². The molecule has 0 aliphatic heterocycles. The molecule has 0 fully saturated rings. The van der Waals surface area contributed by atoms with Crippen LogP contribution >= 0.6 is 11.3 Å². The third-order valence-corrected chi connectivity index (χ3v) is 4.99. The van der Waals surface area contributed by atoms with Gasteiger partial charge in [-0.15, -0.1) is 11.3 Å². The first-order valence-corrected chi connectivity index (χ1v) is 9.06. The van der Waals surface area contributed by atoms with Gasteiger partial charge in [-0.1, -0.05) is 51.5 Å². The highest BCUT2D eigenvalue weighted by Gasteiger charge is 2.17. The summed E-state index contributed by atoms with van der Waals surface area (Å²) in [4.78, 5) is 1.47. The van der Waals surface area contributed by atoms with Crippen molar-refractivity contribution in [3.63, 3.8) is 0 Å². The summed E-state index contributed by atoms with van der Waals surface area (Å²) in [6.45, 7) is 7.66. The van der Waals surface area contributed by atoms with Crippen molar-refractivity contribution in [1.82, 2.24) is 5.32 Å². The lowest BCUT2D eigenvalue weighted by molar-refractivity contribution is 0.635. The molecule has 21 heavy (non-hydrogen) atoms. The van der Waals surface area contributed by atoms with Gasteiger partial charge in [0.05, 0.1) is 6.04 Å². The van der Waals surface area contributed by atoms with Crippen LogP contribution in [0, 0.1) is 0 Å². The van der Waals surface area contributed by atoms with E-state index in [1.807, 2.05) is 11.3 Å². The summed E-state index contributed by atoms with van der Waals surface area (Å²) in [5.74, 6) is 0. The Morgan fingerprint density at radius 3 is 2.43 bits per heavy atom. The molecule has 2 heteroatoms. The largest absolute Gasteiger partial charge is 0.306 e. The van der Waals surface area contributed by atoms with Gasteiger partial charge in [0.1, 0.15) is 0 Å². The van der Waals surface area contributed by atoms with Crippen molar-refractivity contribution >= 4 is 11.3 Å². The quantitative estimate of drug-likeness (QED) is 0.693. The molecule has 0 radical (unpaired) electrons. The zero-order valence-electron chi connectivity index (χ0n) is 13.5. The van der Waals surface area contributed by atoms with Crippen LogP contribution in [0.5, 0.6) is 0 Å². The highest BCUT2D eigenvalue weighted by Crippen LogP contribution is 2.30. The van der Waals surface area contributed by atoms with E-state index in [0.717, 1.165) is 13.0 Å². The van der Waals surface area contributed by atoms with E-state index < -0.39 is 0 Å². The standard InChI is InChI=1S/C19H27NS/c1-4-7-8-15-9-11-17(12-10-15)18(20-6-3)19-16(5-2)13-14-21-19/h9-14,18,20H,4-8H2,1-3H3. The molecule has 0 saturated heterocycles. The molecule has 1 unspecified atom stereocenters. The van der Waals surface area contributed by atoms with Gasteiger partial charge >= 0.3 is 0 Å². The van der Waals surface area contributed by atoms with E-state index in [1.54, 1.807) is 0 Å². The molecular formula is C19H27NS. The van der Waals surface area contributed by atoms with Crippen LogP contribution in [0.4, 0.5) is 0 Å². The van der Waals surface area contributed by atoms with E-state index in [-0.39, 0.29) is 0 Å². The molecule has 1 aromatic heterocycles. The number of thiophene rings is 1. The Kier molecular flexibility index (Phi) is 6.47. The summed E-state index contributed by atoms with van der Waals surface area (Å²) in [5, 5.41) is 5.87. The Hall–Kier alpha value is -1.12. The predicted molar refractivity (Wildman–Crippen MR) is 94.3 cm³/mol. The van der Waals surface area contributed by atoms with Crippen molar-refractivity contribution in [2.75, 3.05) is 6.54 Å². The number of nitrogens with one attached hydrogen (secondary N) is 1. The Morgan fingerprint density at radius 1 is 1.05 bits per heavy atom. The van der Waals surface area contributed by atoms with Crippen molar-refractivity contribution in [2.24, 2.45) is 0 Å². The van der Waals surface area contributed by atoms with Crippen LogP contribution in [0.3, 0.4) is 0 Å². The van der Waals surface area contributed by atoms with Gasteiger partial charge in [-0.3, -0.25) is 0 Å². The second kappa shape index (κ2) is 8.35. The fourth-order valence-electron chi connectivity index (χ4n) is 2.72. The van der Waals surface area contributed by atoms with Gasteiger partial charge in [0.2, 0.25) is 0 Å². The van der Waals surface area contributed by atoms with Gasteiger partial charge in [0.25, 0.3) is 0 Å². The van der Waals surface area contributed by atoms with Crippen molar-refractivity contribution in [2.45, 2.75) is 52.5 Å².